The molecular weight excluding hydrogens is 436 g/mol. The molecule has 1 saturated heterocycles. The van der Waals surface area contributed by atoms with Gasteiger partial charge in [-0.15, -0.1) is 0 Å². The van der Waals surface area contributed by atoms with Crippen LogP contribution < -0.4 is 10.4 Å². The van der Waals surface area contributed by atoms with Gasteiger partial charge in [0.05, 0.1) is 0 Å². The van der Waals surface area contributed by atoms with Gasteiger partial charge < -0.3 is 39.1 Å². The molecule has 0 aromatic heterocycles. The zero-order valence-electron chi connectivity index (χ0n) is 15.4. The first-order valence-corrected chi connectivity index (χ1v) is 12.8. The summed E-state index contributed by atoms with van der Waals surface area (Å²) in [6.07, 6.45) is -2.93. The van der Waals surface area contributed by atoms with Gasteiger partial charge in [-0.05, 0) is 0 Å². The van der Waals surface area contributed by atoms with Gasteiger partial charge in [-0.25, -0.2) is 9.65 Å². The van der Waals surface area contributed by atoms with E-state index < -0.39 is 56.8 Å². The number of rotatable bonds is 8. The van der Waals surface area contributed by atoms with Crippen molar-refractivity contribution in [3.8, 4) is 0 Å². The van der Waals surface area contributed by atoms with Crippen LogP contribution in [0.15, 0.2) is 12.3 Å². The zero-order chi connectivity index (χ0) is 21.3. The highest BCUT2D eigenvalue weighted by Gasteiger charge is 2.52. The molecule has 5 N–H and O–H groups in total. The lowest BCUT2D eigenvalue weighted by Crippen LogP contribution is -2.55. The summed E-state index contributed by atoms with van der Waals surface area (Å²) in [6.45, 7) is -0.461. The quantitative estimate of drug-likeness (QED) is 0.205. The summed E-state index contributed by atoms with van der Waals surface area (Å²) in [5, 5.41) is 14.4. The van der Waals surface area contributed by atoms with Crippen molar-refractivity contribution in [3.05, 3.63) is 12.3 Å². The van der Waals surface area contributed by atoms with Crippen LogP contribution >= 0.6 is 26.6 Å². The number of carbonyl (C=O) groups excluding carboxylic acids is 1. The normalized spacial score (nSPS) is 33.2. The molecule has 4 unspecified atom stereocenters. The van der Waals surface area contributed by atoms with Crippen LogP contribution in [0.5, 0.6) is 0 Å². The van der Waals surface area contributed by atoms with Crippen LogP contribution in [0.3, 0.4) is 0 Å². The molecule has 0 aromatic rings. The molecular formula is C13H25N3O9P2S. The second-order valence-corrected chi connectivity index (χ2v) is 12.0. The lowest BCUT2D eigenvalue weighted by molar-refractivity contribution is -0.153. The maximum atomic E-state index is 12.7. The van der Waals surface area contributed by atoms with Crippen molar-refractivity contribution in [3.63, 3.8) is 0 Å². The fraction of sp³-hybridized carbons (Fsp3) is 0.769. The molecule has 0 aliphatic carbocycles. The molecule has 0 bridgehead atoms. The number of ether oxygens (including phenoxy) is 2. The molecule has 2 aliphatic heterocycles. The van der Waals surface area contributed by atoms with E-state index in [1.165, 1.54) is 18.2 Å². The van der Waals surface area contributed by atoms with E-state index in [-0.39, 0.29) is 6.54 Å². The van der Waals surface area contributed by atoms with Crippen LogP contribution in [0.25, 0.3) is 0 Å². The summed E-state index contributed by atoms with van der Waals surface area (Å²) in [4.78, 5) is 30.8. The van der Waals surface area contributed by atoms with Crippen molar-refractivity contribution in [1.29, 1.82) is 0 Å². The van der Waals surface area contributed by atoms with E-state index >= 15 is 0 Å². The third-order valence-electron chi connectivity index (χ3n) is 4.23. The minimum absolute atomic E-state index is 0.350. The van der Waals surface area contributed by atoms with E-state index in [2.05, 4.69) is 17.6 Å². The molecule has 2 rings (SSSR count). The van der Waals surface area contributed by atoms with E-state index in [4.69, 9.17) is 23.8 Å². The van der Waals surface area contributed by atoms with E-state index in [1.807, 2.05) is 5.09 Å². The van der Waals surface area contributed by atoms with Crippen LogP contribution in [0.1, 0.15) is 13.8 Å². The Balaban J connectivity index is 2.31. The first-order chi connectivity index (χ1) is 12.9. The van der Waals surface area contributed by atoms with Gasteiger partial charge in [0.2, 0.25) is 12.3 Å². The van der Waals surface area contributed by atoms with Gasteiger partial charge in [-0.1, -0.05) is 26.1 Å². The topological polar surface area (TPSA) is 167 Å². The molecule has 15 heteroatoms. The number of methoxy groups -OCH3 is 1. The van der Waals surface area contributed by atoms with Gasteiger partial charge in [0.25, 0.3) is 6.57 Å². The molecule has 0 aromatic carbocycles. The Morgan fingerprint density at radius 1 is 1.39 bits per heavy atom. The Hall–Kier alpha value is -0.460. The van der Waals surface area contributed by atoms with Gasteiger partial charge in [0, 0.05) is 31.6 Å². The summed E-state index contributed by atoms with van der Waals surface area (Å²) in [6, 6.07) is 0. The number of aliphatic hydroxyl groups is 1. The number of nitrogens with zero attached hydrogens (tertiary/aromatic N) is 1. The summed E-state index contributed by atoms with van der Waals surface area (Å²) >= 11 is 4.10. The van der Waals surface area contributed by atoms with E-state index in [0.717, 1.165) is 6.08 Å². The fourth-order valence-electron chi connectivity index (χ4n) is 2.70. The minimum atomic E-state index is -4.56. The van der Waals surface area contributed by atoms with Crippen LogP contribution in [0, 0.1) is 0 Å². The Morgan fingerprint density at radius 2 is 2.04 bits per heavy atom. The number of amides is 1. The molecule has 6 atom stereocenters. The second-order valence-electron chi connectivity index (χ2n) is 6.54. The first kappa shape index (κ1) is 23.8. The largest absolute Gasteiger partial charge is 0.400 e. The molecule has 0 spiro atoms. The van der Waals surface area contributed by atoms with Gasteiger partial charge in [-0.3, -0.25) is 9.36 Å². The number of aliphatic hydroxyl groups excluding tert-OH is 1. The summed E-state index contributed by atoms with van der Waals surface area (Å²) in [7, 11) is -3.22. The number of nitrogens with one attached hydrogen (secondary N) is 2. The van der Waals surface area contributed by atoms with Gasteiger partial charge in [0.1, 0.15) is 18.3 Å². The number of thiol groups is 1. The maximum absolute atomic E-state index is 12.7. The molecule has 2 heterocycles. The van der Waals surface area contributed by atoms with Crippen molar-refractivity contribution in [1.82, 2.24) is 15.3 Å². The van der Waals surface area contributed by atoms with Crippen LogP contribution in [-0.2, 0) is 27.9 Å². The SMILES string of the molecule is COC1C(OP(=O)(S)C(C)C)[C@@H](CNP(=O)(O)O)O[C@H]1N1C=CC(=O)NC1O. The fourth-order valence-corrected chi connectivity index (χ4v) is 4.30. The van der Waals surface area contributed by atoms with Crippen molar-refractivity contribution in [2.45, 2.75) is 50.4 Å². The van der Waals surface area contributed by atoms with E-state index in [0.29, 0.717) is 0 Å². The third-order valence-corrected chi connectivity index (χ3v) is 8.34. The molecule has 0 radical (unpaired) electrons. The number of hydrogen-bond acceptors (Lipinski definition) is 8. The first-order valence-electron chi connectivity index (χ1n) is 8.29. The van der Waals surface area contributed by atoms with Crippen LogP contribution in [-0.4, -0.2) is 75.9 Å². The highest BCUT2D eigenvalue weighted by atomic mass is 32.7. The Morgan fingerprint density at radius 3 is 2.54 bits per heavy atom. The van der Waals surface area contributed by atoms with Gasteiger partial charge >= 0.3 is 7.75 Å². The highest BCUT2D eigenvalue weighted by molar-refractivity contribution is 8.46. The van der Waals surface area contributed by atoms with Gasteiger partial charge in [-0.2, -0.15) is 0 Å². The van der Waals surface area contributed by atoms with Crippen LogP contribution in [0.2, 0.25) is 0 Å². The molecule has 12 nitrogen and oxygen atoms in total. The van der Waals surface area contributed by atoms with Crippen molar-refractivity contribution >= 4 is 32.5 Å². The Labute approximate surface area is 167 Å². The van der Waals surface area contributed by atoms with Crippen LogP contribution in [0.4, 0.5) is 0 Å². The predicted molar refractivity (Wildman–Crippen MR) is 101 cm³/mol. The Kier molecular flexibility index (Phi) is 7.77. The molecule has 28 heavy (non-hydrogen) atoms. The third kappa shape index (κ3) is 5.79. The second kappa shape index (κ2) is 9.13. The number of carbonyl (C=O) groups is 1. The van der Waals surface area contributed by atoms with Crippen molar-refractivity contribution < 1.29 is 42.8 Å². The standard InChI is InChI=1S/C13H25N3O9P2S/c1-7(2)26(19,28)25-10-8(6-14-27(20,21)22)24-12(11(10)23-3)16-5-4-9(17)15-13(16)18/h4-5,7-8,10-13,18H,6H2,1-3H3,(H,15,17)(H,19,28)(H3,14,20,21,22)/t8-,10?,11?,12-,13?,26?/m1/s1. The molecule has 0 saturated carbocycles. The summed E-state index contributed by atoms with van der Waals surface area (Å²) < 4.78 is 40.8. The predicted octanol–water partition coefficient (Wildman–Crippen LogP) is -0.454. The number of hydrogen-bond donors (Lipinski definition) is 6. The average molecular weight is 461 g/mol. The molecule has 1 amide bonds. The molecule has 2 aliphatic rings. The average Bonchev–Trinajstić information content (AvgIpc) is 2.88. The monoisotopic (exact) mass is 461 g/mol. The zero-order valence-corrected chi connectivity index (χ0v) is 18.1. The maximum Gasteiger partial charge on any atom is 0.400 e. The van der Waals surface area contributed by atoms with Crippen molar-refractivity contribution in [2.24, 2.45) is 0 Å². The summed E-state index contributed by atoms with van der Waals surface area (Å²) in [5.41, 5.74) is -0.442. The van der Waals surface area contributed by atoms with Gasteiger partial charge in [0.15, 0.2) is 6.23 Å². The smallest absolute Gasteiger partial charge is 0.374 e. The highest BCUT2D eigenvalue weighted by Crippen LogP contribution is 2.58. The van der Waals surface area contributed by atoms with E-state index in [9.17, 15) is 19.0 Å². The molecule has 162 valence electrons. The van der Waals surface area contributed by atoms with E-state index in [1.54, 1.807) is 13.8 Å². The lowest BCUT2D eigenvalue weighted by Gasteiger charge is -2.36. The van der Waals surface area contributed by atoms with Crippen molar-refractivity contribution in [2.75, 3.05) is 13.7 Å². The minimum Gasteiger partial charge on any atom is -0.374 e. The lowest BCUT2D eigenvalue weighted by atomic mass is 10.1. The Bertz CT molecular complexity index is 703. The summed E-state index contributed by atoms with van der Waals surface area (Å²) in [5.74, 6) is -0.511. The molecule has 1 fully saturated rings.